The average Bonchev–Trinajstić information content (AvgIpc) is 2.97. The van der Waals surface area contributed by atoms with E-state index in [2.05, 4.69) is 4.98 Å². The van der Waals surface area contributed by atoms with E-state index in [-0.39, 0.29) is 0 Å². The second-order valence-corrected chi connectivity index (χ2v) is 4.49. The fourth-order valence-electron chi connectivity index (χ4n) is 1.98. The summed E-state index contributed by atoms with van der Waals surface area (Å²) < 4.78 is 7.82. The highest BCUT2D eigenvalue weighted by Gasteiger charge is 2.04. The number of hydrogen-bond donors (Lipinski definition) is 1. The minimum absolute atomic E-state index is 0.746. The van der Waals surface area contributed by atoms with Crippen LogP contribution in [0, 0.1) is 0 Å². The molecule has 0 aliphatic rings. The van der Waals surface area contributed by atoms with Gasteiger partial charge in [-0.25, -0.2) is 4.98 Å². The third-order valence-corrected chi connectivity index (χ3v) is 3.00. The molecule has 0 aliphatic carbocycles. The van der Waals surface area contributed by atoms with Crippen LogP contribution in [-0.4, -0.2) is 22.7 Å². The number of para-hydroxylation sites is 2. The van der Waals surface area contributed by atoms with Crippen molar-refractivity contribution >= 4 is 0 Å². The molecule has 0 fully saturated rings. The van der Waals surface area contributed by atoms with Gasteiger partial charge in [0.15, 0.2) is 0 Å². The van der Waals surface area contributed by atoms with Gasteiger partial charge >= 0.3 is 0 Å². The van der Waals surface area contributed by atoms with Crippen molar-refractivity contribution in [2.45, 2.75) is 25.7 Å². The normalized spacial score (nSPS) is 10.6. The highest BCUT2D eigenvalue weighted by molar-refractivity contribution is 5.46. The Balaban J connectivity index is 1.87. The molecule has 4 heteroatoms. The molecule has 0 atom stereocenters. The predicted molar refractivity (Wildman–Crippen MR) is 76.6 cm³/mol. The van der Waals surface area contributed by atoms with Crippen molar-refractivity contribution in [2.75, 3.05) is 13.2 Å². The molecular weight excluding hydrogens is 238 g/mol. The number of hydrogen-bond acceptors (Lipinski definition) is 3. The molecule has 0 amide bonds. The third-order valence-electron chi connectivity index (χ3n) is 3.00. The highest BCUT2D eigenvalue weighted by Crippen LogP contribution is 2.22. The topological polar surface area (TPSA) is 53.1 Å². The first-order valence-corrected chi connectivity index (χ1v) is 6.82. The van der Waals surface area contributed by atoms with Crippen molar-refractivity contribution in [3.05, 3.63) is 43.0 Å². The number of imidazole rings is 1. The summed E-state index contributed by atoms with van der Waals surface area (Å²) in [5, 5.41) is 0. The van der Waals surface area contributed by atoms with Crippen LogP contribution in [0.5, 0.6) is 5.75 Å². The zero-order valence-corrected chi connectivity index (χ0v) is 11.2. The first kappa shape index (κ1) is 13.6. The molecule has 1 aromatic heterocycles. The fraction of sp³-hybridized carbons (Fsp3) is 0.400. The van der Waals surface area contributed by atoms with E-state index < -0.39 is 0 Å². The van der Waals surface area contributed by atoms with Crippen LogP contribution in [0.4, 0.5) is 0 Å². The van der Waals surface area contributed by atoms with Crippen molar-refractivity contribution in [1.29, 1.82) is 0 Å². The summed E-state index contributed by atoms with van der Waals surface area (Å²) >= 11 is 0. The van der Waals surface area contributed by atoms with Crippen LogP contribution in [0.1, 0.15) is 25.7 Å². The van der Waals surface area contributed by atoms with Crippen LogP contribution in [0.3, 0.4) is 0 Å². The van der Waals surface area contributed by atoms with Gasteiger partial charge in [0, 0.05) is 12.4 Å². The van der Waals surface area contributed by atoms with E-state index in [4.69, 9.17) is 10.5 Å². The van der Waals surface area contributed by atoms with Gasteiger partial charge in [0.05, 0.1) is 18.6 Å². The van der Waals surface area contributed by atoms with Crippen LogP contribution in [0.25, 0.3) is 5.69 Å². The van der Waals surface area contributed by atoms with Gasteiger partial charge in [-0.15, -0.1) is 0 Å². The molecule has 0 saturated heterocycles. The number of benzene rings is 1. The average molecular weight is 259 g/mol. The van der Waals surface area contributed by atoms with Crippen LogP contribution in [0.2, 0.25) is 0 Å². The standard InChI is InChI=1S/C15H21N3O/c16-9-5-1-2-6-12-19-15-8-4-3-7-14(15)18-11-10-17-13-18/h3-4,7-8,10-11,13H,1-2,5-6,9,12,16H2. The molecule has 2 aromatic rings. The fourth-order valence-corrected chi connectivity index (χ4v) is 1.98. The minimum atomic E-state index is 0.746. The van der Waals surface area contributed by atoms with E-state index in [1.807, 2.05) is 35.0 Å². The van der Waals surface area contributed by atoms with Crippen molar-refractivity contribution in [1.82, 2.24) is 9.55 Å². The van der Waals surface area contributed by atoms with Crippen molar-refractivity contribution < 1.29 is 4.74 Å². The number of ether oxygens (including phenoxy) is 1. The number of rotatable bonds is 8. The summed E-state index contributed by atoms with van der Waals surface area (Å²) in [6.07, 6.45) is 9.99. The van der Waals surface area contributed by atoms with Gasteiger partial charge in [-0.2, -0.15) is 0 Å². The lowest BCUT2D eigenvalue weighted by Gasteiger charge is -2.11. The zero-order chi connectivity index (χ0) is 13.3. The maximum absolute atomic E-state index is 5.86. The Morgan fingerprint density at radius 2 is 1.95 bits per heavy atom. The number of nitrogens with two attached hydrogens (primary N) is 1. The molecule has 0 bridgehead atoms. The van der Waals surface area contributed by atoms with Crippen LogP contribution < -0.4 is 10.5 Å². The SMILES string of the molecule is NCCCCCCOc1ccccc1-n1ccnc1. The van der Waals surface area contributed by atoms with Gasteiger partial charge in [0.1, 0.15) is 5.75 Å². The highest BCUT2D eigenvalue weighted by atomic mass is 16.5. The molecule has 2 rings (SSSR count). The molecule has 1 aromatic carbocycles. The molecule has 0 unspecified atom stereocenters. The van der Waals surface area contributed by atoms with E-state index in [0.29, 0.717) is 0 Å². The lowest BCUT2D eigenvalue weighted by molar-refractivity contribution is 0.304. The monoisotopic (exact) mass is 259 g/mol. The molecule has 0 saturated carbocycles. The first-order chi connectivity index (χ1) is 9.42. The molecule has 0 aliphatic heterocycles. The van der Waals surface area contributed by atoms with E-state index in [1.54, 1.807) is 12.5 Å². The summed E-state index contributed by atoms with van der Waals surface area (Å²) in [7, 11) is 0. The maximum atomic E-state index is 5.86. The van der Waals surface area contributed by atoms with Gasteiger partial charge in [0.25, 0.3) is 0 Å². The summed E-state index contributed by atoms with van der Waals surface area (Å²) in [5.74, 6) is 0.902. The lowest BCUT2D eigenvalue weighted by atomic mass is 10.2. The minimum Gasteiger partial charge on any atom is -0.491 e. The maximum Gasteiger partial charge on any atom is 0.143 e. The number of nitrogens with zero attached hydrogens (tertiary/aromatic N) is 2. The van der Waals surface area contributed by atoms with Crippen LogP contribution >= 0.6 is 0 Å². The number of unbranched alkanes of at least 4 members (excludes halogenated alkanes) is 3. The molecule has 2 N–H and O–H groups in total. The lowest BCUT2D eigenvalue weighted by Crippen LogP contribution is -2.02. The van der Waals surface area contributed by atoms with Crippen molar-refractivity contribution in [3.8, 4) is 11.4 Å². The van der Waals surface area contributed by atoms with E-state index in [1.165, 1.54) is 12.8 Å². The molecule has 1 heterocycles. The third kappa shape index (κ3) is 4.10. The Labute approximate surface area is 114 Å². The molecule has 19 heavy (non-hydrogen) atoms. The Bertz CT molecular complexity index is 468. The Hall–Kier alpha value is -1.81. The van der Waals surface area contributed by atoms with Gasteiger partial charge in [0.2, 0.25) is 0 Å². The Morgan fingerprint density at radius 1 is 1.11 bits per heavy atom. The Kier molecular flexibility index (Phi) is 5.44. The van der Waals surface area contributed by atoms with E-state index >= 15 is 0 Å². The summed E-state index contributed by atoms with van der Waals surface area (Å²) in [6, 6.07) is 8.02. The summed E-state index contributed by atoms with van der Waals surface area (Å²) in [5.41, 5.74) is 6.50. The Morgan fingerprint density at radius 3 is 2.74 bits per heavy atom. The van der Waals surface area contributed by atoms with Gasteiger partial charge in [-0.05, 0) is 31.5 Å². The molecule has 4 nitrogen and oxygen atoms in total. The summed E-state index contributed by atoms with van der Waals surface area (Å²) in [4.78, 5) is 4.07. The van der Waals surface area contributed by atoms with E-state index in [0.717, 1.165) is 37.4 Å². The molecule has 102 valence electrons. The van der Waals surface area contributed by atoms with Gasteiger partial charge in [-0.1, -0.05) is 25.0 Å². The molecular formula is C15H21N3O. The first-order valence-electron chi connectivity index (χ1n) is 6.82. The largest absolute Gasteiger partial charge is 0.491 e. The second-order valence-electron chi connectivity index (χ2n) is 4.49. The summed E-state index contributed by atoms with van der Waals surface area (Å²) in [6.45, 7) is 1.53. The van der Waals surface area contributed by atoms with Crippen LogP contribution in [0.15, 0.2) is 43.0 Å². The molecule has 0 radical (unpaired) electrons. The van der Waals surface area contributed by atoms with Crippen molar-refractivity contribution in [2.24, 2.45) is 5.73 Å². The van der Waals surface area contributed by atoms with E-state index in [9.17, 15) is 0 Å². The quantitative estimate of drug-likeness (QED) is 0.742. The molecule has 0 spiro atoms. The second kappa shape index (κ2) is 7.59. The predicted octanol–water partition coefficient (Wildman–Crippen LogP) is 2.77. The van der Waals surface area contributed by atoms with Crippen LogP contribution in [-0.2, 0) is 0 Å². The van der Waals surface area contributed by atoms with Gasteiger partial charge < -0.3 is 15.0 Å². The van der Waals surface area contributed by atoms with Crippen molar-refractivity contribution in [3.63, 3.8) is 0 Å². The van der Waals surface area contributed by atoms with Gasteiger partial charge in [-0.3, -0.25) is 0 Å². The smallest absolute Gasteiger partial charge is 0.143 e. The zero-order valence-electron chi connectivity index (χ0n) is 11.2. The number of aromatic nitrogens is 2.